The van der Waals surface area contributed by atoms with E-state index in [0.29, 0.717) is 11.7 Å². The van der Waals surface area contributed by atoms with Gasteiger partial charge in [-0.05, 0) is 17.5 Å². The molecule has 0 amide bonds. The van der Waals surface area contributed by atoms with E-state index in [0.717, 1.165) is 13.0 Å². The SMILES string of the molecule is O=c1[nH]cnc(NCC2Cc3ccccc32)c1Cl. The van der Waals surface area contributed by atoms with E-state index in [1.54, 1.807) is 0 Å². The third-order valence-corrected chi connectivity index (χ3v) is 3.62. The maximum atomic E-state index is 11.3. The fourth-order valence-corrected chi connectivity index (χ4v) is 2.44. The number of nitrogens with zero attached hydrogens (tertiary/aromatic N) is 1. The van der Waals surface area contributed by atoms with Gasteiger partial charge in [0, 0.05) is 12.5 Å². The predicted molar refractivity (Wildman–Crippen MR) is 71.2 cm³/mol. The summed E-state index contributed by atoms with van der Waals surface area (Å²) in [5.41, 5.74) is 2.45. The number of halogens is 1. The lowest BCUT2D eigenvalue weighted by Crippen LogP contribution is -2.25. The summed E-state index contributed by atoms with van der Waals surface area (Å²) in [7, 11) is 0. The van der Waals surface area contributed by atoms with Crippen molar-refractivity contribution in [3.63, 3.8) is 0 Å². The van der Waals surface area contributed by atoms with Gasteiger partial charge in [-0.15, -0.1) is 0 Å². The Balaban J connectivity index is 1.70. The number of rotatable bonds is 3. The van der Waals surface area contributed by atoms with Gasteiger partial charge in [0.05, 0.1) is 6.33 Å². The maximum absolute atomic E-state index is 11.3. The highest BCUT2D eigenvalue weighted by molar-refractivity contribution is 6.32. The summed E-state index contributed by atoms with van der Waals surface area (Å²) in [6, 6.07) is 8.38. The molecule has 4 nitrogen and oxygen atoms in total. The molecule has 0 saturated heterocycles. The molecule has 0 radical (unpaired) electrons. The van der Waals surface area contributed by atoms with Crippen molar-refractivity contribution in [2.75, 3.05) is 11.9 Å². The number of hydrogen-bond donors (Lipinski definition) is 2. The van der Waals surface area contributed by atoms with Crippen LogP contribution in [0, 0.1) is 0 Å². The zero-order chi connectivity index (χ0) is 12.5. The van der Waals surface area contributed by atoms with Gasteiger partial charge in [-0.1, -0.05) is 35.9 Å². The molecule has 0 bridgehead atoms. The third-order valence-electron chi connectivity index (χ3n) is 3.27. The Hall–Kier alpha value is -1.81. The first-order valence-electron chi connectivity index (χ1n) is 5.80. The van der Waals surface area contributed by atoms with Gasteiger partial charge < -0.3 is 10.3 Å². The van der Waals surface area contributed by atoms with Crippen LogP contribution in [0.2, 0.25) is 5.02 Å². The monoisotopic (exact) mass is 261 g/mol. The van der Waals surface area contributed by atoms with Crippen LogP contribution >= 0.6 is 11.6 Å². The molecule has 18 heavy (non-hydrogen) atoms. The Labute approximate surface area is 109 Å². The minimum atomic E-state index is -0.317. The van der Waals surface area contributed by atoms with Gasteiger partial charge in [0.2, 0.25) is 0 Å². The number of aromatic amines is 1. The fourth-order valence-electron chi connectivity index (χ4n) is 2.27. The zero-order valence-corrected chi connectivity index (χ0v) is 10.4. The van der Waals surface area contributed by atoms with Crippen molar-refractivity contribution in [2.45, 2.75) is 12.3 Å². The van der Waals surface area contributed by atoms with Gasteiger partial charge >= 0.3 is 0 Å². The second-order valence-corrected chi connectivity index (χ2v) is 4.75. The Morgan fingerprint density at radius 1 is 1.44 bits per heavy atom. The molecule has 0 saturated carbocycles. The largest absolute Gasteiger partial charge is 0.368 e. The second-order valence-electron chi connectivity index (χ2n) is 4.38. The molecule has 1 aliphatic carbocycles. The van der Waals surface area contributed by atoms with Crippen LogP contribution in [-0.2, 0) is 6.42 Å². The van der Waals surface area contributed by atoms with Gasteiger partial charge in [0.25, 0.3) is 5.56 Å². The second kappa shape index (κ2) is 4.46. The first-order valence-corrected chi connectivity index (χ1v) is 6.18. The molecule has 5 heteroatoms. The Kier molecular flexibility index (Phi) is 2.80. The molecular formula is C13H12ClN3O. The van der Waals surface area contributed by atoms with Crippen LogP contribution in [0.4, 0.5) is 5.82 Å². The number of fused-ring (bicyclic) bond motifs is 1. The number of benzene rings is 1. The van der Waals surface area contributed by atoms with E-state index in [9.17, 15) is 4.79 Å². The van der Waals surface area contributed by atoms with E-state index in [-0.39, 0.29) is 10.6 Å². The standard InChI is InChI=1S/C13H12ClN3O/c14-11-12(16-7-17-13(11)18)15-6-9-5-8-3-1-2-4-10(8)9/h1-4,7,9H,5-6H2,(H2,15,16,17,18). The number of aromatic nitrogens is 2. The van der Waals surface area contributed by atoms with E-state index in [1.807, 2.05) is 6.07 Å². The number of hydrogen-bond acceptors (Lipinski definition) is 3. The van der Waals surface area contributed by atoms with Crippen molar-refractivity contribution in [1.82, 2.24) is 9.97 Å². The van der Waals surface area contributed by atoms with Gasteiger partial charge in [-0.25, -0.2) is 4.98 Å². The van der Waals surface area contributed by atoms with Gasteiger partial charge in [0.15, 0.2) is 5.82 Å². The van der Waals surface area contributed by atoms with Gasteiger partial charge in [-0.2, -0.15) is 0 Å². The normalized spacial score (nSPS) is 16.8. The number of H-pyrrole nitrogens is 1. The van der Waals surface area contributed by atoms with Crippen LogP contribution in [0.3, 0.4) is 0 Å². The zero-order valence-electron chi connectivity index (χ0n) is 9.61. The van der Waals surface area contributed by atoms with Gasteiger partial charge in [-0.3, -0.25) is 4.79 Å². The van der Waals surface area contributed by atoms with Crippen molar-refractivity contribution >= 4 is 17.4 Å². The third kappa shape index (κ3) is 1.88. The van der Waals surface area contributed by atoms with E-state index in [2.05, 4.69) is 33.5 Å². The predicted octanol–water partition coefficient (Wildman–Crippen LogP) is 2.18. The Morgan fingerprint density at radius 3 is 3.11 bits per heavy atom. The van der Waals surface area contributed by atoms with E-state index >= 15 is 0 Å². The van der Waals surface area contributed by atoms with Crippen LogP contribution in [-0.4, -0.2) is 16.5 Å². The lowest BCUT2D eigenvalue weighted by molar-refractivity contribution is 0.634. The first-order chi connectivity index (χ1) is 8.75. The van der Waals surface area contributed by atoms with E-state index in [1.165, 1.54) is 17.5 Å². The van der Waals surface area contributed by atoms with E-state index in [4.69, 9.17) is 11.6 Å². The molecule has 1 aromatic heterocycles. The molecule has 2 N–H and O–H groups in total. The van der Waals surface area contributed by atoms with Crippen LogP contribution in [0.5, 0.6) is 0 Å². The molecule has 3 rings (SSSR count). The number of anilines is 1. The highest BCUT2D eigenvalue weighted by Gasteiger charge is 2.25. The van der Waals surface area contributed by atoms with Crippen LogP contribution in [0.25, 0.3) is 0 Å². The Morgan fingerprint density at radius 2 is 2.28 bits per heavy atom. The molecule has 2 aromatic rings. The Bertz CT molecular complexity index is 638. The summed E-state index contributed by atoms with van der Waals surface area (Å²) in [5.74, 6) is 0.920. The van der Waals surface area contributed by atoms with Crippen LogP contribution < -0.4 is 10.9 Å². The summed E-state index contributed by atoms with van der Waals surface area (Å²) in [6.07, 6.45) is 2.41. The van der Waals surface area contributed by atoms with Gasteiger partial charge in [0.1, 0.15) is 5.02 Å². The minimum absolute atomic E-state index is 0.116. The summed E-state index contributed by atoms with van der Waals surface area (Å²) in [4.78, 5) is 17.8. The van der Waals surface area contributed by atoms with Crippen molar-refractivity contribution in [1.29, 1.82) is 0 Å². The molecule has 0 aliphatic heterocycles. The lowest BCUT2D eigenvalue weighted by atomic mass is 9.78. The molecule has 1 aromatic carbocycles. The molecule has 0 fully saturated rings. The number of nitrogens with one attached hydrogen (secondary N) is 2. The fraction of sp³-hybridized carbons (Fsp3) is 0.231. The molecule has 1 unspecified atom stereocenters. The summed E-state index contributed by atoms with van der Waals surface area (Å²) < 4.78 is 0. The maximum Gasteiger partial charge on any atom is 0.271 e. The summed E-state index contributed by atoms with van der Waals surface area (Å²) >= 11 is 5.87. The van der Waals surface area contributed by atoms with Crippen molar-refractivity contribution in [3.05, 3.63) is 57.1 Å². The minimum Gasteiger partial charge on any atom is -0.368 e. The molecule has 1 heterocycles. The van der Waals surface area contributed by atoms with Crippen molar-refractivity contribution < 1.29 is 0 Å². The van der Waals surface area contributed by atoms with Crippen molar-refractivity contribution in [2.24, 2.45) is 0 Å². The topological polar surface area (TPSA) is 57.8 Å². The molecule has 1 aliphatic rings. The molecular weight excluding hydrogens is 250 g/mol. The average molecular weight is 262 g/mol. The lowest BCUT2D eigenvalue weighted by Gasteiger charge is -2.30. The first kappa shape index (κ1) is 11.3. The van der Waals surface area contributed by atoms with Crippen LogP contribution in [0.1, 0.15) is 17.0 Å². The smallest absolute Gasteiger partial charge is 0.271 e. The quantitative estimate of drug-likeness (QED) is 0.890. The average Bonchev–Trinajstić information content (AvgIpc) is 2.35. The van der Waals surface area contributed by atoms with Crippen LogP contribution in [0.15, 0.2) is 35.4 Å². The highest BCUT2D eigenvalue weighted by atomic mass is 35.5. The summed E-state index contributed by atoms with van der Waals surface area (Å²) in [5, 5.41) is 3.25. The molecule has 1 atom stereocenters. The summed E-state index contributed by atoms with van der Waals surface area (Å²) in [6.45, 7) is 0.743. The van der Waals surface area contributed by atoms with E-state index < -0.39 is 0 Å². The highest BCUT2D eigenvalue weighted by Crippen LogP contribution is 2.34. The molecule has 92 valence electrons. The van der Waals surface area contributed by atoms with Crippen molar-refractivity contribution in [3.8, 4) is 0 Å². The molecule has 0 spiro atoms.